The lowest BCUT2D eigenvalue weighted by atomic mass is 10.1. The van der Waals surface area contributed by atoms with Crippen LogP contribution in [-0.4, -0.2) is 42.2 Å². The van der Waals surface area contributed by atoms with E-state index in [2.05, 4.69) is 21.8 Å². The molecule has 0 bridgehead atoms. The lowest BCUT2D eigenvalue weighted by molar-refractivity contribution is 0.101. The van der Waals surface area contributed by atoms with Gasteiger partial charge in [-0.3, -0.25) is 4.79 Å². The van der Waals surface area contributed by atoms with E-state index in [1.165, 1.54) is 18.4 Å². The van der Waals surface area contributed by atoms with Crippen molar-refractivity contribution in [3.8, 4) is 0 Å². The molecule has 0 aliphatic heterocycles. The number of sulfonamides is 1. The molecule has 1 N–H and O–H groups in total. The number of hydrogen-bond acceptors (Lipinski definition) is 5. The van der Waals surface area contributed by atoms with Gasteiger partial charge in [0.25, 0.3) is 0 Å². The Labute approximate surface area is 171 Å². The highest BCUT2D eigenvalue weighted by molar-refractivity contribution is 7.89. The molecule has 0 spiro atoms. The maximum absolute atomic E-state index is 12.4. The molecule has 0 saturated carbocycles. The molecule has 0 amide bonds. The second-order valence-corrected chi connectivity index (χ2v) is 9.26. The fourth-order valence-corrected chi connectivity index (χ4v) is 4.09. The first kappa shape index (κ1) is 21.0. The van der Waals surface area contributed by atoms with Crippen LogP contribution in [0, 0.1) is 0 Å². The third kappa shape index (κ3) is 4.33. The van der Waals surface area contributed by atoms with Gasteiger partial charge in [-0.1, -0.05) is 19.1 Å². The van der Waals surface area contributed by atoms with Gasteiger partial charge in [-0.15, -0.1) is 0 Å². The highest BCUT2D eigenvalue weighted by Gasteiger charge is 2.19. The highest BCUT2D eigenvalue weighted by atomic mass is 32.2. The number of carbonyl (C=O) groups is 1. The number of rotatable bonds is 8. The quantitative estimate of drug-likeness (QED) is 0.570. The summed E-state index contributed by atoms with van der Waals surface area (Å²) < 4.78 is 28.2. The van der Waals surface area contributed by atoms with Gasteiger partial charge in [0.15, 0.2) is 5.78 Å². The molecule has 3 rings (SSSR count). The fraction of sp³-hybridized carbons (Fsp3) is 0.333. The molecule has 7 nitrogen and oxygen atoms in total. The van der Waals surface area contributed by atoms with Gasteiger partial charge in [0, 0.05) is 31.9 Å². The van der Waals surface area contributed by atoms with Gasteiger partial charge in [0.1, 0.15) is 5.82 Å². The normalized spacial score (nSPS) is 11.9. The lowest BCUT2D eigenvalue weighted by Crippen LogP contribution is -2.22. The van der Waals surface area contributed by atoms with Gasteiger partial charge in [-0.05, 0) is 43.7 Å². The Morgan fingerprint density at radius 3 is 2.59 bits per heavy atom. The second kappa shape index (κ2) is 8.34. The summed E-state index contributed by atoms with van der Waals surface area (Å²) in [6, 6.07) is 12.4. The first-order chi connectivity index (χ1) is 13.7. The predicted molar refractivity (Wildman–Crippen MR) is 115 cm³/mol. The molecule has 0 aliphatic rings. The first-order valence-electron chi connectivity index (χ1n) is 9.50. The average molecular weight is 415 g/mol. The summed E-state index contributed by atoms with van der Waals surface area (Å²) >= 11 is 0. The van der Waals surface area contributed by atoms with E-state index in [4.69, 9.17) is 0 Å². The van der Waals surface area contributed by atoms with Crippen LogP contribution in [0.3, 0.4) is 0 Å². The van der Waals surface area contributed by atoms with Crippen LogP contribution >= 0.6 is 0 Å². The number of benzene rings is 2. The standard InChI is InChI=1S/C21H26N4O3S/c1-5-11-25-20-10-9-18(29(27,28)24(3)4)13-19(20)23-21(25)14-22-17-8-6-7-16(12-17)15(2)26/h6-10,12-13,22H,5,11,14H2,1-4H3. The Morgan fingerprint density at radius 1 is 1.17 bits per heavy atom. The molecule has 0 fully saturated rings. The minimum absolute atomic E-state index is 0.0153. The Kier molecular flexibility index (Phi) is 6.04. The molecular weight excluding hydrogens is 388 g/mol. The number of nitrogens with one attached hydrogen (secondary N) is 1. The summed E-state index contributed by atoms with van der Waals surface area (Å²) in [7, 11) is -0.489. The summed E-state index contributed by atoms with van der Waals surface area (Å²) in [4.78, 5) is 16.5. The van der Waals surface area contributed by atoms with Crippen molar-refractivity contribution >= 4 is 32.5 Å². The van der Waals surface area contributed by atoms with Crippen LogP contribution in [0.5, 0.6) is 0 Å². The van der Waals surface area contributed by atoms with Gasteiger partial charge >= 0.3 is 0 Å². The molecule has 0 aliphatic carbocycles. The van der Waals surface area contributed by atoms with Crippen LogP contribution in [-0.2, 0) is 23.1 Å². The number of aromatic nitrogens is 2. The van der Waals surface area contributed by atoms with Crippen LogP contribution in [0.1, 0.15) is 36.5 Å². The van der Waals surface area contributed by atoms with E-state index in [9.17, 15) is 13.2 Å². The SMILES string of the molecule is CCCn1c(CNc2cccc(C(C)=O)c2)nc2cc(S(=O)(=O)N(C)C)ccc21. The van der Waals surface area contributed by atoms with Gasteiger partial charge in [0.05, 0.1) is 22.5 Å². The molecule has 0 saturated heterocycles. The van der Waals surface area contributed by atoms with Gasteiger partial charge < -0.3 is 9.88 Å². The highest BCUT2D eigenvalue weighted by Crippen LogP contribution is 2.23. The summed E-state index contributed by atoms with van der Waals surface area (Å²) in [6.07, 6.45) is 0.927. The van der Waals surface area contributed by atoms with Gasteiger partial charge in [0.2, 0.25) is 10.0 Å². The van der Waals surface area contributed by atoms with E-state index < -0.39 is 10.0 Å². The van der Waals surface area contributed by atoms with E-state index in [1.54, 1.807) is 25.1 Å². The van der Waals surface area contributed by atoms with Crippen molar-refractivity contribution in [2.75, 3.05) is 19.4 Å². The number of imidazole rings is 1. The second-order valence-electron chi connectivity index (χ2n) is 7.11. The van der Waals surface area contributed by atoms with E-state index in [-0.39, 0.29) is 10.7 Å². The van der Waals surface area contributed by atoms with Crippen molar-refractivity contribution < 1.29 is 13.2 Å². The molecule has 1 aromatic heterocycles. The third-order valence-electron chi connectivity index (χ3n) is 4.74. The van der Waals surface area contributed by atoms with E-state index >= 15 is 0 Å². The maximum Gasteiger partial charge on any atom is 0.242 e. The zero-order chi connectivity index (χ0) is 21.2. The maximum atomic E-state index is 12.4. The monoisotopic (exact) mass is 414 g/mol. The summed E-state index contributed by atoms with van der Waals surface area (Å²) in [6.45, 7) is 4.87. The van der Waals surface area contributed by atoms with E-state index in [0.29, 0.717) is 17.6 Å². The van der Waals surface area contributed by atoms with Crippen LogP contribution < -0.4 is 5.32 Å². The molecular formula is C21H26N4O3S. The number of nitrogens with zero attached hydrogens (tertiary/aromatic N) is 3. The third-order valence-corrected chi connectivity index (χ3v) is 6.56. The Bertz CT molecular complexity index is 1150. The smallest absolute Gasteiger partial charge is 0.242 e. The minimum Gasteiger partial charge on any atom is -0.378 e. The summed E-state index contributed by atoms with van der Waals surface area (Å²) in [5.41, 5.74) is 3.04. The molecule has 0 radical (unpaired) electrons. The Balaban J connectivity index is 1.95. The van der Waals surface area contributed by atoms with Crippen LogP contribution in [0.4, 0.5) is 5.69 Å². The molecule has 3 aromatic rings. The molecule has 8 heteroatoms. The zero-order valence-electron chi connectivity index (χ0n) is 17.1. The number of fused-ring (bicyclic) bond motifs is 1. The predicted octanol–water partition coefficient (Wildman–Crippen LogP) is 3.51. The number of aryl methyl sites for hydroxylation is 1. The lowest BCUT2D eigenvalue weighted by Gasteiger charge is -2.12. The summed E-state index contributed by atoms with van der Waals surface area (Å²) in [5.74, 6) is 0.830. The zero-order valence-corrected chi connectivity index (χ0v) is 18.0. The van der Waals surface area contributed by atoms with E-state index in [1.807, 2.05) is 24.3 Å². The molecule has 154 valence electrons. The van der Waals surface area contributed by atoms with E-state index in [0.717, 1.165) is 30.0 Å². The fourth-order valence-electron chi connectivity index (χ4n) is 3.17. The topological polar surface area (TPSA) is 84.3 Å². The Hall–Kier alpha value is -2.71. The molecule has 0 unspecified atom stereocenters. The van der Waals surface area contributed by atoms with Crippen LogP contribution in [0.25, 0.3) is 11.0 Å². The van der Waals surface area contributed by atoms with Crippen molar-refractivity contribution in [3.63, 3.8) is 0 Å². The summed E-state index contributed by atoms with van der Waals surface area (Å²) in [5, 5.41) is 3.32. The average Bonchev–Trinajstić information content (AvgIpc) is 3.03. The largest absolute Gasteiger partial charge is 0.378 e. The molecule has 1 heterocycles. The number of Topliss-reactive ketones (excluding diaryl/α,β-unsaturated/α-hetero) is 1. The molecule has 0 atom stereocenters. The van der Waals surface area contributed by atoms with Crippen LogP contribution in [0.2, 0.25) is 0 Å². The van der Waals surface area contributed by atoms with Crippen molar-refractivity contribution in [1.82, 2.24) is 13.9 Å². The number of carbonyl (C=O) groups excluding carboxylic acids is 1. The van der Waals surface area contributed by atoms with Crippen molar-refractivity contribution in [3.05, 3.63) is 53.9 Å². The van der Waals surface area contributed by atoms with Gasteiger partial charge in [-0.2, -0.15) is 0 Å². The van der Waals surface area contributed by atoms with Crippen molar-refractivity contribution in [2.45, 2.75) is 38.3 Å². The van der Waals surface area contributed by atoms with Gasteiger partial charge in [-0.25, -0.2) is 17.7 Å². The van der Waals surface area contributed by atoms with Crippen LogP contribution in [0.15, 0.2) is 47.4 Å². The number of ketones is 1. The Morgan fingerprint density at radius 2 is 1.93 bits per heavy atom. The minimum atomic E-state index is -3.52. The first-order valence-corrected chi connectivity index (χ1v) is 10.9. The van der Waals surface area contributed by atoms with Crippen molar-refractivity contribution in [2.24, 2.45) is 0 Å². The molecule has 2 aromatic carbocycles. The number of hydrogen-bond donors (Lipinski definition) is 1. The molecule has 29 heavy (non-hydrogen) atoms. The van der Waals surface area contributed by atoms with Crippen molar-refractivity contribution in [1.29, 1.82) is 0 Å². The number of anilines is 1.